The molecule has 4 rings (SSSR count). The first-order chi connectivity index (χ1) is 15.5. The second kappa shape index (κ2) is 9.08. The molecule has 4 fully saturated rings. The quantitative estimate of drug-likeness (QED) is 0.316. The highest BCUT2D eigenvalue weighted by molar-refractivity contribution is 7.99. The third-order valence-electron chi connectivity index (χ3n) is 9.49. The molecule has 9 heteroatoms. The molecule has 0 aromatic heterocycles. The lowest BCUT2D eigenvalue weighted by atomic mass is 9.45. The molecule has 1 amide bonds. The van der Waals surface area contributed by atoms with Crippen molar-refractivity contribution in [3.05, 3.63) is 0 Å². The molecule has 2 N–H and O–H groups in total. The van der Waals surface area contributed by atoms with E-state index in [1.807, 2.05) is 5.32 Å². The van der Waals surface area contributed by atoms with E-state index in [0.29, 0.717) is 47.4 Å². The van der Waals surface area contributed by atoms with E-state index in [2.05, 4.69) is 19.0 Å². The SMILES string of the molecule is C[C@]12CCC(SCCCNC(=O)C(F)(F)F)C[C@@H]1/C(=N/O)C[C@@H]1[C@@H]2CC[C@]2(C)C(=O)CC[C@@H]12. The second-order valence-corrected chi connectivity index (χ2v) is 12.4. The summed E-state index contributed by atoms with van der Waals surface area (Å²) >= 11 is 1.75. The van der Waals surface area contributed by atoms with Crippen LogP contribution in [-0.2, 0) is 9.59 Å². The van der Waals surface area contributed by atoms with E-state index in [1.54, 1.807) is 11.8 Å². The molecule has 0 bridgehead atoms. The summed E-state index contributed by atoms with van der Waals surface area (Å²) in [5.74, 6) is 0.760. The van der Waals surface area contributed by atoms with Crippen LogP contribution in [0.5, 0.6) is 0 Å². The predicted octanol–water partition coefficient (Wildman–Crippen LogP) is 5.21. The van der Waals surface area contributed by atoms with Gasteiger partial charge in [-0.05, 0) is 80.3 Å². The zero-order chi connectivity index (χ0) is 24.0. The highest BCUT2D eigenvalue weighted by Crippen LogP contribution is 2.65. The number of carbonyl (C=O) groups excluding carboxylic acids is 2. The summed E-state index contributed by atoms with van der Waals surface area (Å²) in [6.45, 7) is 4.52. The maximum Gasteiger partial charge on any atom is 0.471 e. The first-order valence-corrected chi connectivity index (χ1v) is 13.3. The summed E-state index contributed by atoms with van der Waals surface area (Å²) in [5.41, 5.74) is 0.736. The van der Waals surface area contributed by atoms with Crippen LogP contribution in [0.4, 0.5) is 13.2 Å². The fraction of sp³-hybridized carbons (Fsp3) is 0.875. The summed E-state index contributed by atoms with van der Waals surface area (Å²) in [5, 5.41) is 16.0. The number of alkyl halides is 3. The van der Waals surface area contributed by atoms with Gasteiger partial charge in [0.1, 0.15) is 5.78 Å². The van der Waals surface area contributed by atoms with Crippen molar-refractivity contribution in [1.82, 2.24) is 5.32 Å². The molecule has 4 aliphatic rings. The van der Waals surface area contributed by atoms with Crippen LogP contribution in [0.3, 0.4) is 0 Å². The van der Waals surface area contributed by atoms with Gasteiger partial charge >= 0.3 is 12.1 Å². The van der Waals surface area contributed by atoms with E-state index < -0.39 is 12.1 Å². The fourth-order valence-electron chi connectivity index (χ4n) is 7.69. The number of fused-ring (bicyclic) bond motifs is 5. The van der Waals surface area contributed by atoms with Crippen LogP contribution in [0, 0.1) is 34.5 Å². The molecule has 0 aromatic rings. The van der Waals surface area contributed by atoms with E-state index >= 15 is 0 Å². The summed E-state index contributed by atoms with van der Waals surface area (Å²) in [6.07, 6.45) is 3.09. The Kier molecular flexibility index (Phi) is 6.84. The maximum absolute atomic E-state index is 12.6. The average molecular weight is 489 g/mol. The number of thioether (sulfide) groups is 1. The molecule has 0 aromatic carbocycles. The number of carbonyl (C=O) groups is 2. The molecule has 33 heavy (non-hydrogen) atoms. The molecule has 4 aliphatic carbocycles. The molecular formula is C24H35F3N2O3S. The number of rotatable bonds is 5. The van der Waals surface area contributed by atoms with Gasteiger partial charge in [-0.15, -0.1) is 0 Å². The molecule has 1 unspecified atom stereocenters. The van der Waals surface area contributed by atoms with Gasteiger partial charge in [0.25, 0.3) is 0 Å². The Balaban J connectivity index is 1.36. The zero-order valence-corrected chi connectivity index (χ0v) is 20.2. The van der Waals surface area contributed by atoms with Crippen LogP contribution in [0.15, 0.2) is 5.16 Å². The molecule has 0 radical (unpaired) electrons. The molecule has 0 heterocycles. The van der Waals surface area contributed by atoms with Gasteiger partial charge in [0, 0.05) is 29.5 Å². The number of Topliss-reactive ketones (excluding diaryl/α,β-unsaturated/α-hetero) is 1. The Morgan fingerprint density at radius 2 is 1.97 bits per heavy atom. The fourth-order valence-corrected chi connectivity index (χ4v) is 8.95. The lowest BCUT2D eigenvalue weighted by Crippen LogP contribution is -2.56. The summed E-state index contributed by atoms with van der Waals surface area (Å²) in [7, 11) is 0. The van der Waals surface area contributed by atoms with Crippen molar-refractivity contribution in [2.75, 3.05) is 12.3 Å². The molecule has 4 saturated carbocycles. The summed E-state index contributed by atoms with van der Waals surface area (Å²) in [6, 6.07) is 0. The lowest BCUT2D eigenvalue weighted by molar-refractivity contribution is -0.173. The minimum atomic E-state index is -4.83. The number of nitrogens with zero attached hydrogens (tertiary/aromatic N) is 1. The van der Waals surface area contributed by atoms with Gasteiger partial charge in [-0.25, -0.2) is 0 Å². The standard InChI is InChI=1S/C24H35F3N2O3S/c1-22-8-6-14(33-11-3-10-28-21(31)24(25,26)27)12-18(22)19(29-32)13-15-16-4-5-20(30)23(16,2)9-7-17(15)22/h14-18,32H,3-13H2,1-2H3,(H,28,31)/b29-19+/t14?,15-,16-,17-,18+,22+,23-/m0/s1. The smallest absolute Gasteiger partial charge is 0.411 e. The van der Waals surface area contributed by atoms with Gasteiger partial charge in [-0.2, -0.15) is 24.9 Å². The Morgan fingerprint density at radius 3 is 2.67 bits per heavy atom. The van der Waals surface area contributed by atoms with Crippen molar-refractivity contribution in [3.8, 4) is 0 Å². The Labute approximate surface area is 197 Å². The maximum atomic E-state index is 12.6. The molecular weight excluding hydrogens is 453 g/mol. The molecule has 5 nitrogen and oxygen atoms in total. The third kappa shape index (κ3) is 4.43. The van der Waals surface area contributed by atoms with E-state index in [9.17, 15) is 28.0 Å². The van der Waals surface area contributed by atoms with Gasteiger partial charge in [-0.3, -0.25) is 9.59 Å². The monoisotopic (exact) mass is 488 g/mol. The van der Waals surface area contributed by atoms with Crippen LogP contribution >= 0.6 is 11.8 Å². The van der Waals surface area contributed by atoms with Crippen molar-refractivity contribution >= 4 is 29.2 Å². The molecule has 7 atom stereocenters. The number of halogens is 3. The van der Waals surface area contributed by atoms with Crippen molar-refractivity contribution in [2.24, 2.45) is 39.7 Å². The first-order valence-electron chi connectivity index (χ1n) is 12.2. The van der Waals surface area contributed by atoms with Crippen LogP contribution in [-0.4, -0.2) is 46.3 Å². The minimum absolute atomic E-state index is 0.0190. The number of nitrogens with one attached hydrogen (secondary N) is 1. The van der Waals surface area contributed by atoms with Crippen LogP contribution in [0.2, 0.25) is 0 Å². The van der Waals surface area contributed by atoms with Gasteiger partial charge in [0.2, 0.25) is 0 Å². The number of hydrogen-bond acceptors (Lipinski definition) is 5. The van der Waals surface area contributed by atoms with Crippen molar-refractivity contribution in [2.45, 2.75) is 83.1 Å². The third-order valence-corrected chi connectivity index (χ3v) is 10.9. The molecule has 0 spiro atoms. The van der Waals surface area contributed by atoms with E-state index in [0.717, 1.165) is 50.7 Å². The Morgan fingerprint density at radius 1 is 1.21 bits per heavy atom. The number of ketones is 1. The highest BCUT2D eigenvalue weighted by atomic mass is 32.2. The van der Waals surface area contributed by atoms with E-state index in [1.165, 1.54) is 0 Å². The number of oxime groups is 1. The number of hydrogen-bond donors (Lipinski definition) is 2. The molecule has 186 valence electrons. The zero-order valence-electron chi connectivity index (χ0n) is 19.4. The molecule has 0 saturated heterocycles. The van der Waals surface area contributed by atoms with Gasteiger partial charge in [0.15, 0.2) is 0 Å². The van der Waals surface area contributed by atoms with Gasteiger partial charge in [-0.1, -0.05) is 19.0 Å². The van der Waals surface area contributed by atoms with E-state index in [4.69, 9.17) is 0 Å². The van der Waals surface area contributed by atoms with Crippen LogP contribution in [0.25, 0.3) is 0 Å². The first kappa shape index (κ1) is 24.9. The number of amides is 1. The average Bonchev–Trinajstić information content (AvgIpc) is 3.07. The minimum Gasteiger partial charge on any atom is -0.411 e. The van der Waals surface area contributed by atoms with Crippen molar-refractivity contribution < 1.29 is 28.0 Å². The van der Waals surface area contributed by atoms with Crippen molar-refractivity contribution in [1.29, 1.82) is 0 Å². The van der Waals surface area contributed by atoms with E-state index in [-0.39, 0.29) is 23.3 Å². The highest BCUT2D eigenvalue weighted by Gasteiger charge is 2.61. The summed E-state index contributed by atoms with van der Waals surface area (Å²) < 4.78 is 36.8. The van der Waals surface area contributed by atoms with Gasteiger partial charge in [0.05, 0.1) is 5.71 Å². The summed E-state index contributed by atoms with van der Waals surface area (Å²) in [4.78, 5) is 23.5. The largest absolute Gasteiger partial charge is 0.471 e. The Hall–Kier alpha value is -1.25. The predicted molar refractivity (Wildman–Crippen MR) is 121 cm³/mol. The second-order valence-electron chi connectivity index (χ2n) is 11.0. The van der Waals surface area contributed by atoms with Crippen LogP contribution < -0.4 is 5.32 Å². The molecule has 0 aliphatic heterocycles. The Bertz CT molecular complexity index is 819. The van der Waals surface area contributed by atoms with Crippen molar-refractivity contribution in [3.63, 3.8) is 0 Å². The van der Waals surface area contributed by atoms with Gasteiger partial charge < -0.3 is 10.5 Å². The van der Waals surface area contributed by atoms with Crippen LogP contribution in [0.1, 0.15) is 71.6 Å². The normalized spacial score (nSPS) is 41.9. The topological polar surface area (TPSA) is 78.8 Å². The lowest BCUT2D eigenvalue weighted by Gasteiger charge is -2.60.